The highest BCUT2D eigenvalue weighted by atomic mass is 35.5. The van der Waals surface area contributed by atoms with Crippen molar-refractivity contribution < 1.29 is 26.4 Å². The van der Waals surface area contributed by atoms with Crippen LogP contribution >= 0.6 is 46.4 Å². The lowest BCUT2D eigenvalue weighted by Crippen LogP contribution is -2.58. The smallest absolute Gasteiger partial charge is 0.229 e. The molecular weight excluding hydrogens is 1070 g/mol. The van der Waals surface area contributed by atoms with Gasteiger partial charge in [0.25, 0.3) is 0 Å². The molecule has 0 aliphatic carbocycles. The maximum absolute atomic E-state index is 14.4. The highest BCUT2D eigenvalue weighted by Gasteiger charge is 2.53. The lowest BCUT2D eigenvalue weighted by Gasteiger charge is -2.52. The Kier molecular flexibility index (Phi) is 20.7. The van der Waals surface area contributed by atoms with E-state index in [0.29, 0.717) is 58.6 Å². The molecule has 2 aliphatic heterocycles. The fourth-order valence-electron chi connectivity index (χ4n) is 10.7. The van der Waals surface area contributed by atoms with Crippen LogP contribution in [0.5, 0.6) is 0 Å². The molecule has 0 radical (unpaired) electrons. The number of hydrogen-bond donors (Lipinski definition) is 1. The summed E-state index contributed by atoms with van der Waals surface area (Å²) < 4.78 is 54.7. The topological polar surface area (TPSA) is 124 Å². The lowest BCUT2D eigenvalue weighted by molar-refractivity contribution is -0.155. The van der Waals surface area contributed by atoms with Crippen molar-refractivity contribution in [3.05, 3.63) is 165 Å². The number of likely N-dealkylation sites (N-methyl/N-ethyl adjacent to an activating group) is 1. The molecule has 10 nitrogen and oxygen atoms in total. The third kappa shape index (κ3) is 14.1. The number of rotatable bonds is 18. The second-order valence-electron chi connectivity index (χ2n) is 22.7. The van der Waals surface area contributed by atoms with Crippen molar-refractivity contribution in [3.8, 4) is 0 Å². The number of likely N-dealkylation sites (tertiary alicyclic amines) is 2. The van der Waals surface area contributed by atoms with E-state index >= 15 is 0 Å². The Labute approximate surface area is 469 Å². The first-order chi connectivity index (χ1) is 34.9. The zero-order valence-electron chi connectivity index (χ0n) is 45.5. The fourth-order valence-corrected chi connectivity index (χ4v) is 13.5. The number of benzene rings is 4. The maximum Gasteiger partial charge on any atom is 0.229 e. The quantitative estimate of drug-likeness (QED) is 0.0990. The van der Waals surface area contributed by atoms with Gasteiger partial charge in [-0.3, -0.25) is 9.59 Å². The predicted octanol–water partition coefficient (Wildman–Crippen LogP) is 14.6. The maximum atomic E-state index is 14.4. The molecule has 16 heteroatoms. The Hall–Kier alpha value is -3.72. The average Bonchev–Trinajstić information content (AvgIpc) is 3.33. The molecule has 0 spiro atoms. The van der Waals surface area contributed by atoms with Gasteiger partial charge in [0.2, 0.25) is 31.9 Å². The Morgan fingerprint density at radius 3 is 1.35 bits per heavy atom. The first-order valence-electron chi connectivity index (χ1n) is 25.7. The van der Waals surface area contributed by atoms with E-state index in [0.717, 1.165) is 22.3 Å². The van der Waals surface area contributed by atoms with Crippen LogP contribution in [0.2, 0.25) is 20.1 Å². The van der Waals surface area contributed by atoms with Gasteiger partial charge in [-0.25, -0.2) is 25.9 Å². The minimum absolute atomic E-state index is 0.00374. The summed E-state index contributed by atoms with van der Waals surface area (Å²) in [5, 5.41) is 2.49. The van der Waals surface area contributed by atoms with Gasteiger partial charge in [-0.1, -0.05) is 135 Å². The number of halogens is 4. The lowest BCUT2D eigenvalue weighted by atomic mass is 9.67. The first kappa shape index (κ1) is 62.1. The molecule has 2 fully saturated rings. The van der Waals surface area contributed by atoms with Crippen LogP contribution in [-0.4, -0.2) is 84.5 Å². The summed E-state index contributed by atoms with van der Waals surface area (Å²) in [7, 11) is -5.58. The van der Waals surface area contributed by atoms with Crippen molar-refractivity contribution in [2.75, 3.05) is 20.1 Å². The molecule has 2 aliphatic rings. The molecule has 6 rings (SSSR count). The monoisotopic (exact) mass is 1140 g/mol. The van der Waals surface area contributed by atoms with Crippen LogP contribution in [0.1, 0.15) is 154 Å². The van der Waals surface area contributed by atoms with E-state index in [4.69, 9.17) is 46.4 Å². The highest BCUT2D eigenvalue weighted by Crippen LogP contribution is 2.54. The van der Waals surface area contributed by atoms with Crippen molar-refractivity contribution in [1.82, 2.24) is 18.8 Å². The normalized spacial score (nSPS) is 23.6. The Balaban J connectivity index is 0.000000277. The van der Waals surface area contributed by atoms with Gasteiger partial charge in [0, 0.05) is 64.1 Å². The van der Waals surface area contributed by atoms with Crippen LogP contribution in [0.15, 0.2) is 122 Å². The van der Waals surface area contributed by atoms with Crippen LogP contribution in [0.25, 0.3) is 0 Å². The summed E-state index contributed by atoms with van der Waals surface area (Å²) in [5.41, 5.74) is 2.57. The Bertz CT molecular complexity index is 2870. The van der Waals surface area contributed by atoms with Crippen molar-refractivity contribution >= 4 is 78.3 Å². The van der Waals surface area contributed by atoms with Gasteiger partial charge in [0.05, 0.1) is 32.4 Å². The van der Waals surface area contributed by atoms with E-state index in [9.17, 15) is 26.4 Å². The van der Waals surface area contributed by atoms with Gasteiger partial charge < -0.3 is 9.80 Å². The van der Waals surface area contributed by atoms with Crippen molar-refractivity contribution in [1.29, 1.82) is 0 Å². The molecule has 4 aromatic carbocycles. The average molecular weight is 1150 g/mol. The molecule has 8 atom stereocenters. The van der Waals surface area contributed by atoms with Gasteiger partial charge in [-0.2, -0.15) is 0 Å². The van der Waals surface area contributed by atoms with Gasteiger partial charge in [0.15, 0.2) is 0 Å². The second kappa shape index (κ2) is 24.9. The number of allylic oxidation sites excluding steroid dienone is 2. The number of hydrogen-bond acceptors (Lipinski definition) is 6. The SMILES string of the molecule is C=CC[C@@]1(C)C[C@H](c2cccc(Cl)c2)[C@@H](c2ccc(Cl)cc2)N([C@H](CC)CN(C)S(=O)(=O)C(C)(C)C)C1=O.C=CC[C@@]1(C)C[C@H](c2cccc(Cl)c2)[C@@H](c2ccc(Cl)cc2)N([C@H](CC)CNS(=O)(=O)C(C)(C)C)C1=O. The number of carbonyl (C=O) groups excluding carboxylic acids is 2. The van der Waals surface area contributed by atoms with E-state index in [2.05, 4.69) is 23.9 Å². The van der Waals surface area contributed by atoms with E-state index in [1.807, 2.05) is 128 Å². The van der Waals surface area contributed by atoms with E-state index in [-0.39, 0.29) is 60.9 Å². The number of amides is 2. The molecular formula is C59H78Cl4N4O6S2. The van der Waals surface area contributed by atoms with Gasteiger partial charge >= 0.3 is 0 Å². The summed E-state index contributed by atoms with van der Waals surface area (Å²) in [5.74, 6) is -0.150. The summed E-state index contributed by atoms with van der Waals surface area (Å²) in [6.07, 6.45) is 6.99. The number of nitrogens with zero attached hydrogens (tertiary/aromatic N) is 3. The van der Waals surface area contributed by atoms with E-state index in [1.54, 1.807) is 60.7 Å². The molecule has 75 heavy (non-hydrogen) atoms. The summed E-state index contributed by atoms with van der Waals surface area (Å²) in [6, 6.07) is 29.4. The highest BCUT2D eigenvalue weighted by molar-refractivity contribution is 7.91. The van der Waals surface area contributed by atoms with Gasteiger partial charge in [-0.15, -0.1) is 13.2 Å². The zero-order valence-corrected chi connectivity index (χ0v) is 50.2. The fraction of sp³-hybridized carbons (Fsp3) is 0.492. The molecule has 4 aromatic rings. The predicted molar refractivity (Wildman–Crippen MR) is 312 cm³/mol. The molecule has 0 saturated carbocycles. The molecule has 2 saturated heterocycles. The number of carbonyl (C=O) groups is 2. The van der Waals surface area contributed by atoms with E-state index in [1.165, 1.54) is 4.31 Å². The molecule has 0 aromatic heterocycles. The zero-order chi connectivity index (χ0) is 56.1. The third-order valence-electron chi connectivity index (χ3n) is 15.1. The van der Waals surface area contributed by atoms with Crippen LogP contribution in [0.4, 0.5) is 0 Å². The largest absolute Gasteiger partial charge is 0.330 e. The van der Waals surface area contributed by atoms with Crippen LogP contribution in [0, 0.1) is 10.8 Å². The van der Waals surface area contributed by atoms with Crippen LogP contribution in [-0.2, 0) is 29.6 Å². The summed E-state index contributed by atoms with van der Waals surface area (Å²) >= 11 is 25.3. The molecule has 410 valence electrons. The van der Waals surface area contributed by atoms with Gasteiger partial charge in [0.1, 0.15) is 0 Å². The standard InChI is InChI=1S/C30H40Cl2N2O3S.C29H38Cl2N2O3S/c1-8-17-30(6)19-26(22-11-10-12-24(32)18-22)27(21-13-15-23(31)16-14-21)34(28(30)35)25(9-2)20-33(7)38(36,37)29(3,4)5;1-7-16-29(6)18-25(21-10-9-11-23(31)17-21)26(20-12-14-22(30)15-13-20)33(27(29)34)24(8-2)19-32-37(35,36)28(3,4)5/h8,10-16,18,25-27H,1,9,17,19-20H2,2-7H3;7,9-15,17,24-26,32H,1,8,16,18-19H2,2-6H3/t25-,26-,27-,30+;24-,25-,26-,29+/m11/s1. The van der Waals surface area contributed by atoms with Crippen molar-refractivity contribution in [2.45, 2.75) is 153 Å². The summed E-state index contributed by atoms with van der Waals surface area (Å²) in [6.45, 7) is 26.2. The minimum atomic E-state index is -3.60. The number of piperidine rings is 2. The second-order valence-corrected chi connectivity index (χ2v) is 29.8. The van der Waals surface area contributed by atoms with Crippen molar-refractivity contribution in [3.63, 3.8) is 0 Å². The molecule has 2 amide bonds. The molecule has 0 bridgehead atoms. The first-order valence-corrected chi connectivity index (χ1v) is 30.2. The van der Waals surface area contributed by atoms with Gasteiger partial charge in [-0.05, 0) is 151 Å². The van der Waals surface area contributed by atoms with Crippen LogP contribution < -0.4 is 4.72 Å². The van der Waals surface area contributed by atoms with Crippen molar-refractivity contribution in [2.24, 2.45) is 10.8 Å². The van der Waals surface area contributed by atoms with E-state index < -0.39 is 40.4 Å². The third-order valence-corrected chi connectivity index (χ3v) is 20.7. The number of sulfonamides is 2. The van der Waals surface area contributed by atoms with Crippen LogP contribution in [0.3, 0.4) is 0 Å². The number of nitrogens with one attached hydrogen (secondary N) is 1. The minimum Gasteiger partial charge on any atom is -0.330 e. The molecule has 0 unspecified atom stereocenters. The Morgan fingerprint density at radius 2 is 1.01 bits per heavy atom. The molecule has 2 heterocycles. The Morgan fingerprint density at radius 1 is 0.627 bits per heavy atom. The molecule has 1 N–H and O–H groups in total. The summed E-state index contributed by atoms with van der Waals surface area (Å²) in [4.78, 5) is 32.6.